The quantitative estimate of drug-likeness (QED) is 0.619. The van der Waals surface area contributed by atoms with Crippen molar-refractivity contribution in [1.82, 2.24) is 10.2 Å². The second-order valence-corrected chi connectivity index (χ2v) is 7.99. The summed E-state index contributed by atoms with van der Waals surface area (Å²) in [7, 11) is 0. The monoisotopic (exact) mass is 402 g/mol. The molecule has 1 fully saturated rings. The number of hydrogen-bond acceptors (Lipinski definition) is 4. The Morgan fingerprint density at radius 3 is 2.68 bits per heavy atom. The van der Waals surface area contributed by atoms with Crippen LogP contribution in [0.2, 0.25) is 5.02 Å². The lowest BCUT2D eigenvalue weighted by Gasteiger charge is -2.26. The second-order valence-electron chi connectivity index (χ2n) is 7.55. The van der Waals surface area contributed by atoms with Crippen LogP contribution in [0.25, 0.3) is 0 Å². The van der Waals surface area contributed by atoms with Gasteiger partial charge in [-0.25, -0.2) is 0 Å². The number of aliphatic hydroxyl groups is 2. The van der Waals surface area contributed by atoms with Crippen LogP contribution in [0.1, 0.15) is 16.7 Å². The van der Waals surface area contributed by atoms with Crippen LogP contribution in [0.3, 0.4) is 0 Å². The summed E-state index contributed by atoms with van der Waals surface area (Å²) < 4.78 is 0. The lowest BCUT2D eigenvalue weighted by Crippen LogP contribution is -2.50. The van der Waals surface area contributed by atoms with Gasteiger partial charge >= 0.3 is 0 Å². The molecule has 2 atom stereocenters. The Morgan fingerprint density at radius 1 is 1.25 bits per heavy atom. The number of halogens is 1. The molecule has 0 saturated carbocycles. The summed E-state index contributed by atoms with van der Waals surface area (Å²) in [5, 5.41) is 25.0. The van der Waals surface area contributed by atoms with Gasteiger partial charge in [-0.1, -0.05) is 48.0 Å². The van der Waals surface area contributed by atoms with E-state index in [0.717, 1.165) is 12.0 Å². The number of amides is 1. The van der Waals surface area contributed by atoms with Gasteiger partial charge < -0.3 is 20.4 Å². The van der Waals surface area contributed by atoms with Gasteiger partial charge in [-0.05, 0) is 48.7 Å². The predicted octanol–water partition coefficient (Wildman–Crippen LogP) is 1.96. The number of nitrogens with one attached hydrogen (secondary N) is 1. The van der Waals surface area contributed by atoms with Crippen molar-refractivity contribution >= 4 is 17.5 Å². The molecular weight excluding hydrogens is 376 g/mol. The van der Waals surface area contributed by atoms with Crippen LogP contribution in [0.5, 0.6) is 0 Å². The van der Waals surface area contributed by atoms with Crippen LogP contribution in [0, 0.1) is 6.92 Å². The zero-order chi connectivity index (χ0) is 20.1. The molecule has 1 aliphatic rings. The molecule has 0 unspecified atom stereocenters. The van der Waals surface area contributed by atoms with E-state index in [1.807, 2.05) is 24.3 Å². The number of rotatable bonds is 7. The third kappa shape index (κ3) is 5.11. The van der Waals surface area contributed by atoms with E-state index in [0.29, 0.717) is 11.6 Å². The summed E-state index contributed by atoms with van der Waals surface area (Å²) in [5.41, 5.74) is 2.02. The van der Waals surface area contributed by atoms with E-state index in [-0.39, 0.29) is 32.0 Å². The molecule has 0 spiro atoms. The van der Waals surface area contributed by atoms with E-state index >= 15 is 0 Å². The van der Waals surface area contributed by atoms with Gasteiger partial charge in [0, 0.05) is 18.1 Å². The maximum Gasteiger partial charge on any atom is 0.227 e. The van der Waals surface area contributed by atoms with Crippen LogP contribution in [0.4, 0.5) is 0 Å². The number of β-amino-alcohol motifs (C(OH)–C–C–N with tert-alkyl or cyclic N) is 2. The Morgan fingerprint density at radius 2 is 1.96 bits per heavy atom. The molecule has 0 bridgehead atoms. The van der Waals surface area contributed by atoms with Gasteiger partial charge in [0.25, 0.3) is 0 Å². The molecule has 0 aromatic heterocycles. The highest BCUT2D eigenvalue weighted by molar-refractivity contribution is 6.30. The van der Waals surface area contributed by atoms with Crippen molar-refractivity contribution in [2.45, 2.75) is 31.5 Å². The number of hydrogen-bond donors (Lipinski definition) is 3. The minimum absolute atomic E-state index is 0.114. The van der Waals surface area contributed by atoms with Gasteiger partial charge in [-0.3, -0.25) is 4.79 Å². The Labute approximate surface area is 170 Å². The first kappa shape index (κ1) is 20.8. The third-order valence-corrected chi connectivity index (χ3v) is 5.62. The highest BCUT2D eigenvalue weighted by atomic mass is 35.5. The van der Waals surface area contributed by atoms with E-state index in [1.165, 1.54) is 16.0 Å². The van der Waals surface area contributed by atoms with Crippen LogP contribution < -0.4 is 5.32 Å². The van der Waals surface area contributed by atoms with E-state index in [1.54, 1.807) is 12.1 Å². The Kier molecular flexibility index (Phi) is 6.73. The second kappa shape index (κ2) is 9.05. The fraction of sp³-hybridized carbons (Fsp3) is 0.409. The van der Waals surface area contributed by atoms with Gasteiger partial charge in [0.1, 0.15) is 11.7 Å². The Bertz CT molecular complexity index is 812. The van der Waals surface area contributed by atoms with Gasteiger partial charge in [-0.15, -0.1) is 0 Å². The first-order chi connectivity index (χ1) is 13.4. The molecule has 1 saturated heterocycles. The maximum absolute atomic E-state index is 12.5. The molecule has 3 N–H and O–H groups in total. The van der Waals surface area contributed by atoms with Gasteiger partial charge in [0.15, 0.2) is 0 Å². The molecule has 2 aromatic rings. The van der Waals surface area contributed by atoms with Gasteiger partial charge in [0.05, 0.1) is 13.0 Å². The van der Waals surface area contributed by atoms with E-state index in [9.17, 15) is 15.0 Å². The number of carbonyl (C=O) groups excluding carboxylic acids is 1. The van der Waals surface area contributed by atoms with Crippen molar-refractivity contribution in [3.05, 3.63) is 70.2 Å². The van der Waals surface area contributed by atoms with Gasteiger partial charge in [0.2, 0.25) is 5.91 Å². The largest absolute Gasteiger partial charge is 0.388 e. The molecule has 2 aromatic carbocycles. The van der Waals surface area contributed by atoms with Gasteiger partial charge in [-0.2, -0.15) is 0 Å². The van der Waals surface area contributed by atoms with E-state index < -0.39 is 11.7 Å². The Balaban J connectivity index is 1.49. The van der Waals surface area contributed by atoms with Crippen molar-refractivity contribution in [3.63, 3.8) is 0 Å². The maximum atomic E-state index is 12.5. The van der Waals surface area contributed by atoms with Crippen molar-refractivity contribution in [2.75, 3.05) is 26.2 Å². The number of nitrogens with zero attached hydrogens (tertiary/aromatic N) is 1. The predicted molar refractivity (Wildman–Crippen MR) is 110 cm³/mol. The molecule has 28 heavy (non-hydrogen) atoms. The molecule has 3 rings (SSSR count). The van der Waals surface area contributed by atoms with Crippen LogP contribution >= 0.6 is 11.6 Å². The van der Waals surface area contributed by atoms with Crippen molar-refractivity contribution in [1.29, 1.82) is 0 Å². The average molecular weight is 403 g/mol. The molecule has 5 nitrogen and oxygen atoms in total. The first-order valence-corrected chi connectivity index (χ1v) is 9.93. The number of likely N-dealkylation sites (tertiary alicyclic amines) is 1. The minimum atomic E-state index is -1.33. The molecular formula is C22H27ClN2O3. The molecule has 1 amide bonds. The lowest BCUT2D eigenvalue weighted by molar-refractivity contribution is -0.130. The number of carbonyl (C=O) groups is 1. The van der Waals surface area contributed by atoms with E-state index in [2.05, 4.69) is 24.4 Å². The molecule has 0 aliphatic carbocycles. The van der Waals surface area contributed by atoms with Crippen LogP contribution in [0.15, 0.2) is 48.5 Å². The first-order valence-electron chi connectivity index (χ1n) is 9.55. The summed E-state index contributed by atoms with van der Waals surface area (Å²) in [5.74, 6) is -0.114. The van der Waals surface area contributed by atoms with Crippen LogP contribution in [-0.2, 0) is 17.6 Å². The lowest BCUT2D eigenvalue weighted by atomic mass is 10.0. The molecule has 150 valence electrons. The molecule has 0 radical (unpaired) electrons. The summed E-state index contributed by atoms with van der Waals surface area (Å²) in [6, 6.07) is 15.3. The fourth-order valence-corrected chi connectivity index (χ4v) is 3.68. The normalized spacial score (nSPS) is 21.9. The SMILES string of the molecule is Cc1ccccc1CCNC[C@]1(O)CN(C(=O)Cc2ccc(Cl)cc2)C[C@H]1O. The smallest absolute Gasteiger partial charge is 0.227 e. The number of aryl methyl sites for hydroxylation is 1. The highest BCUT2D eigenvalue weighted by Gasteiger charge is 2.45. The third-order valence-electron chi connectivity index (χ3n) is 5.36. The van der Waals surface area contributed by atoms with Crippen molar-refractivity contribution < 1.29 is 15.0 Å². The molecule has 1 aliphatic heterocycles. The summed E-state index contributed by atoms with van der Waals surface area (Å²) >= 11 is 5.87. The standard InChI is InChI=1S/C22H27ClN2O3/c1-16-4-2-3-5-18(16)10-11-24-14-22(28)15-25(13-20(22)26)21(27)12-17-6-8-19(23)9-7-17/h2-9,20,24,26,28H,10-15H2,1H3/t20-,22+/m1/s1. The Hall–Kier alpha value is -1.92. The zero-order valence-corrected chi connectivity index (χ0v) is 16.8. The topological polar surface area (TPSA) is 72.8 Å². The van der Waals surface area contributed by atoms with E-state index in [4.69, 9.17) is 11.6 Å². The number of aliphatic hydroxyl groups excluding tert-OH is 1. The number of benzene rings is 2. The summed E-state index contributed by atoms with van der Waals surface area (Å²) in [4.78, 5) is 14.1. The van der Waals surface area contributed by atoms with Crippen molar-refractivity contribution in [3.8, 4) is 0 Å². The summed E-state index contributed by atoms with van der Waals surface area (Å²) in [6.45, 7) is 3.28. The molecule has 6 heteroatoms. The zero-order valence-electron chi connectivity index (χ0n) is 16.1. The summed E-state index contributed by atoms with van der Waals surface area (Å²) in [6.07, 6.45) is 0.103. The molecule has 1 heterocycles. The highest BCUT2D eigenvalue weighted by Crippen LogP contribution is 2.22. The van der Waals surface area contributed by atoms with Crippen LogP contribution in [-0.4, -0.2) is 58.9 Å². The average Bonchev–Trinajstić information content (AvgIpc) is 2.97. The fourth-order valence-electron chi connectivity index (χ4n) is 3.55. The van der Waals surface area contributed by atoms with Crippen molar-refractivity contribution in [2.24, 2.45) is 0 Å². The minimum Gasteiger partial charge on any atom is -0.388 e.